The molecule has 1 saturated heterocycles. The second kappa shape index (κ2) is 4.75. The summed E-state index contributed by atoms with van der Waals surface area (Å²) in [6.07, 6.45) is 6.85. The Morgan fingerprint density at radius 1 is 1.38 bits per heavy atom. The largest absolute Gasteiger partial charge is 0.464 e. The van der Waals surface area contributed by atoms with Crippen LogP contribution in [0, 0.1) is 0 Å². The van der Waals surface area contributed by atoms with E-state index in [0.29, 0.717) is 5.57 Å². The number of amides is 1. The maximum absolute atomic E-state index is 12.4. The summed E-state index contributed by atoms with van der Waals surface area (Å²) in [6.45, 7) is 5.56. The molecule has 1 amide bonds. The minimum absolute atomic E-state index is 0.244. The first-order valence-electron chi connectivity index (χ1n) is 6.69. The number of hydrogen-bond donors (Lipinski definition) is 2. The van der Waals surface area contributed by atoms with Crippen LogP contribution in [0.3, 0.4) is 0 Å². The molecule has 1 aliphatic rings. The van der Waals surface area contributed by atoms with Crippen molar-refractivity contribution in [3.63, 3.8) is 0 Å². The fourth-order valence-electron chi connectivity index (χ4n) is 2.69. The maximum atomic E-state index is 12.4. The van der Waals surface area contributed by atoms with E-state index in [0.717, 1.165) is 22.2 Å². The van der Waals surface area contributed by atoms with Crippen molar-refractivity contribution in [2.24, 2.45) is 5.73 Å². The van der Waals surface area contributed by atoms with Crippen molar-refractivity contribution in [2.75, 3.05) is 0 Å². The van der Waals surface area contributed by atoms with Gasteiger partial charge in [-0.2, -0.15) is 0 Å². The van der Waals surface area contributed by atoms with Gasteiger partial charge in [-0.25, -0.2) is 0 Å². The van der Waals surface area contributed by atoms with Gasteiger partial charge in [0.15, 0.2) is 0 Å². The second-order valence-corrected chi connectivity index (χ2v) is 4.95. The molecule has 1 aliphatic heterocycles. The second-order valence-electron chi connectivity index (χ2n) is 4.95. The fraction of sp³-hybridized carbons (Fsp3) is 0.118. The Morgan fingerprint density at radius 3 is 2.90 bits per heavy atom. The molecule has 0 spiro atoms. The molecule has 0 saturated carbocycles. The Bertz CT molecular complexity index is 798. The Labute approximate surface area is 122 Å². The fourth-order valence-corrected chi connectivity index (χ4v) is 2.69. The number of fused-ring (bicyclic) bond motifs is 1. The van der Waals surface area contributed by atoms with Crippen LogP contribution in [0.25, 0.3) is 11.0 Å². The van der Waals surface area contributed by atoms with E-state index in [4.69, 9.17) is 10.2 Å². The highest BCUT2D eigenvalue weighted by atomic mass is 16.3. The molecule has 3 rings (SSSR count). The number of furan rings is 1. The third kappa shape index (κ3) is 1.84. The van der Waals surface area contributed by atoms with Crippen molar-refractivity contribution >= 4 is 16.9 Å². The summed E-state index contributed by atoms with van der Waals surface area (Å²) < 4.78 is 5.33. The number of nitrogens with two attached hydrogens (primary N) is 1. The van der Waals surface area contributed by atoms with Gasteiger partial charge < -0.3 is 15.5 Å². The Hall–Kier alpha value is -2.59. The molecular weight excluding hydrogens is 264 g/mol. The predicted molar refractivity (Wildman–Crippen MR) is 82.3 cm³/mol. The van der Waals surface area contributed by atoms with Gasteiger partial charge in [-0.1, -0.05) is 30.9 Å². The van der Waals surface area contributed by atoms with Crippen LogP contribution in [0.2, 0.25) is 0 Å². The molecule has 0 radical (unpaired) electrons. The summed E-state index contributed by atoms with van der Waals surface area (Å²) in [5.74, 6) is -0.244. The number of carbonyl (C=O) groups excluding carboxylic acids is 1. The van der Waals surface area contributed by atoms with Crippen LogP contribution in [0.4, 0.5) is 0 Å². The normalized spacial score (nSPS) is 25.7. The van der Waals surface area contributed by atoms with E-state index in [9.17, 15) is 4.79 Å². The van der Waals surface area contributed by atoms with E-state index in [1.807, 2.05) is 37.3 Å². The zero-order chi connectivity index (χ0) is 15.0. The smallest absolute Gasteiger partial charge is 0.253 e. The zero-order valence-corrected chi connectivity index (χ0v) is 11.7. The average Bonchev–Trinajstić information content (AvgIpc) is 3.05. The van der Waals surface area contributed by atoms with Crippen molar-refractivity contribution in [3.05, 3.63) is 72.2 Å². The first kappa shape index (κ1) is 13.4. The van der Waals surface area contributed by atoms with Gasteiger partial charge in [0, 0.05) is 16.7 Å². The summed E-state index contributed by atoms with van der Waals surface area (Å²) in [6, 6.07) is 7.38. The molecule has 2 aromatic rings. The van der Waals surface area contributed by atoms with Crippen LogP contribution < -0.4 is 11.1 Å². The van der Waals surface area contributed by atoms with Crippen LogP contribution in [0.15, 0.2) is 71.0 Å². The number of carbonyl (C=O) groups is 1. The molecule has 106 valence electrons. The van der Waals surface area contributed by atoms with Crippen LogP contribution in [0.5, 0.6) is 0 Å². The minimum Gasteiger partial charge on any atom is -0.464 e. The molecule has 1 aromatic heterocycles. The molecule has 1 fully saturated rings. The third-order valence-corrected chi connectivity index (χ3v) is 3.80. The molecule has 0 bridgehead atoms. The van der Waals surface area contributed by atoms with E-state index in [1.54, 1.807) is 18.4 Å². The van der Waals surface area contributed by atoms with E-state index < -0.39 is 5.54 Å². The van der Waals surface area contributed by atoms with Gasteiger partial charge >= 0.3 is 0 Å². The molecule has 4 heteroatoms. The van der Waals surface area contributed by atoms with Gasteiger partial charge in [0.05, 0.1) is 6.26 Å². The molecule has 1 unspecified atom stereocenters. The topological polar surface area (TPSA) is 68.3 Å². The Balaban J connectivity index is 2.23. The van der Waals surface area contributed by atoms with E-state index in [-0.39, 0.29) is 5.91 Å². The molecule has 0 aliphatic carbocycles. The summed E-state index contributed by atoms with van der Waals surface area (Å²) in [4.78, 5) is 12.4. The summed E-state index contributed by atoms with van der Waals surface area (Å²) in [5.41, 5.74) is 8.18. The van der Waals surface area contributed by atoms with Crippen LogP contribution in [0.1, 0.15) is 12.5 Å². The van der Waals surface area contributed by atoms with Crippen molar-refractivity contribution in [1.29, 1.82) is 0 Å². The van der Waals surface area contributed by atoms with Crippen molar-refractivity contribution in [2.45, 2.75) is 12.5 Å². The van der Waals surface area contributed by atoms with Crippen LogP contribution in [-0.2, 0) is 10.3 Å². The SMILES string of the molecule is C=CC=C1/C(=C\C)NC(=O)C1(N)c1ccc2occc2c1. The van der Waals surface area contributed by atoms with E-state index in [2.05, 4.69) is 11.9 Å². The van der Waals surface area contributed by atoms with Crippen LogP contribution >= 0.6 is 0 Å². The van der Waals surface area contributed by atoms with Gasteiger partial charge in [0.2, 0.25) is 0 Å². The lowest BCUT2D eigenvalue weighted by molar-refractivity contribution is -0.123. The summed E-state index contributed by atoms with van der Waals surface area (Å²) in [5, 5.41) is 3.74. The van der Waals surface area contributed by atoms with Crippen LogP contribution in [-0.4, -0.2) is 5.91 Å². The predicted octanol–water partition coefficient (Wildman–Crippen LogP) is 2.73. The number of rotatable bonds is 2. The van der Waals surface area contributed by atoms with Crippen molar-refractivity contribution in [3.8, 4) is 0 Å². The Morgan fingerprint density at radius 2 is 2.19 bits per heavy atom. The van der Waals surface area contributed by atoms with Gasteiger partial charge in [0.25, 0.3) is 5.91 Å². The molecule has 1 atom stereocenters. The molecule has 21 heavy (non-hydrogen) atoms. The molecular formula is C17H16N2O2. The first-order chi connectivity index (χ1) is 10.1. The highest BCUT2D eigenvalue weighted by molar-refractivity contribution is 5.99. The average molecular weight is 280 g/mol. The molecule has 4 nitrogen and oxygen atoms in total. The van der Waals surface area contributed by atoms with Gasteiger partial charge in [-0.3, -0.25) is 4.79 Å². The molecule has 3 N–H and O–H groups in total. The Kier molecular flexibility index (Phi) is 3.03. The lowest BCUT2D eigenvalue weighted by Gasteiger charge is -2.23. The highest BCUT2D eigenvalue weighted by Gasteiger charge is 2.47. The first-order valence-corrected chi connectivity index (χ1v) is 6.69. The number of hydrogen-bond acceptors (Lipinski definition) is 3. The number of allylic oxidation sites excluding steroid dienone is 3. The highest BCUT2D eigenvalue weighted by Crippen LogP contribution is 2.37. The van der Waals surface area contributed by atoms with Gasteiger partial charge in [-0.15, -0.1) is 0 Å². The maximum Gasteiger partial charge on any atom is 0.253 e. The summed E-state index contributed by atoms with van der Waals surface area (Å²) in [7, 11) is 0. The quantitative estimate of drug-likeness (QED) is 0.888. The molecule has 1 aromatic carbocycles. The van der Waals surface area contributed by atoms with Gasteiger partial charge in [-0.05, 0) is 30.7 Å². The van der Waals surface area contributed by atoms with Crippen molar-refractivity contribution in [1.82, 2.24) is 5.32 Å². The lowest BCUT2D eigenvalue weighted by atomic mass is 9.83. The third-order valence-electron chi connectivity index (χ3n) is 3.80. The monoisotopic (exact) mass is 280 g/mol. The minimum atomic E-state index is -1.22. The van der Waals surface area contributed by atoms with E-state index >= 15 is 0 Å². The zero-order valence-electron chi connectivity index (χ0n) is 11.7. The molecule has 2 heterocycles. The number of benzene rings is 1. The lowest BCUT2D eigenvalue weighted by Crippen LogP contribution is -2.45. The van der Waals surface area contributed by atoms with Crippen molar-refractivity contribution < 1.29 is 9.21 Å². The van der Waals surface area contributed by atoms with E-state index in [1.165, 1.54) is 0 Å². The summed E-state index contributed by atoms with van der Waals surface area (Å²) >= 11 is 0. The van der Waals surface area contributed by atoms with Gasteiger partial charge in [0.1, 0.15) is 11.1 Å². The number of nitrogens with one attached hydrogen (secondary N) is 1. The standard InChI is InChI=1S/C17H16N2O2/c1-3-5-13-14(4-2)19-16(20)17(13,18)12-6-7-15-11(10-12)8-9-21-15/h3-10H,1,18H2,2H3,(H,19,20)/b13-5?,14-4+.